The predicted octanol–water partition coefficient (Wildman–Crippen LogP) is 2.87. The number of hydrogen-bond acceptors (Lipinski definition) is 4. The summed E-state index contributed by atoms with van der Waals surface area (Å²) in [6.07, 6.45) is 3.04. The lowest BCUT2D eigenvalue weighted by molar-refractivity contribution is -0.122. The highest BCUT2D eigenvalue weighted by atomic mass is 16.2. The summed E-state index contributed by atoms with van der Waals surface area (Å²) in [5, 5.41) is 13.5. The zero-order valence-electron chi connectivity index (χ0n) is 13.3. The highest BCUT2D eigenvalue weighted by molar-refractivity contribution is 6.17. The number of hydrogen-bond donors (Lipinski definition) is 1. The van der Waals surface area contributed by atoms with E-state index in [2.05, 4.69) is 10.3 Å². The molecule has 1 N–H and O–H groups in total. The summed E-state index contributed by atoms with van der Waals surface area (Å²) in [7, 11) is 0. The molecule has 5 nitrogen and oxygen atoms in total. The number of fused-ring (bicyclic) bond motifs is 1. The minimum Gasteiger partial charge on any atom is -0.350 e. The van der Waals surface area contributed by atoms with E-state index in [1.54, 1.807) is 18.3 Å². The van der Waals surface area contributed by atoms with E-state index < -0.39 is 17.6 Å². The quantitative estimate of drug-likeness (QED) is 0.576. The molecule has 25 heavy (non-hydrogen) atoms. The predicted molar refractivity (Wildman–Crippen MR) is 93.5 cm³/mol. The molecule has 0 spiro atoms. The fourth-order valence-corrected chi connectivity index (χ4v) is 2.59. The third-order valence-electron chi connectivity index (χ3n) is 3.90. The van der Waals surface area contributed by atoms with E-state index in [1.807, 2.05) is 48.5 Å². The highest BCUT2D eigenvalue weighted by Crippen LogP contribution is 2.20. The van der Waals surface area contributed by atoms with Gasteiger partial charge in [-0.05, 0) is 10.9 Å². The Kier molecular flexibility index (Phi) is 4.82. The van der Waals surface area contributed by atoms with Crippen LogP contribution in [0.25, 0.3) is 10.8 Å². The van der Waals surface area contributed by atoms with Crippen molar-refractivity contribution in [1.29, 1.82) is 5.26 Å². The second-order valence-electron chi connectivity index (χ2n) is 5.54. The van der Waals surface area contributed by atoms with Crippen molar-refractivity contribution >= 4 is 22.5 Å². The normalized spacial score (nSPS) is 11.5. The Labute approximate surface area is 144 Å². The molecule has 5 heteroatoms. The molecule has 0 bridgehead atoms. The average Bonchev–Trinajstić information content (AvgIpc) is 2.67. The van der Waals surface area contributed by atoms with E-state index in [4.69, 9.17) is 0 Å². The first kappa shape index (κ1) is 16.3. The van der Waals surface area contributed by atoms with Crippen molar-refractivity contribution in [2.75, 3.05) is 0 Å². The van der Waals surface area contributed by atoms with Gasteiger partial charge in [-0.2, -0.15) is 5.26 Å². The number of aromatic nitrogens is 1. The van der Waals surface area contributed by atoms with Gasteiger partial charge >= 0.3 is 0 Å². The molecule has 0 radical (unpaired) electrons. The summed E-state index contributed by atoms with van der Waals surface area (Å²) < 4.78 is 0. The maximum Gasteiger partial charge on any atom is 0.245 e. The molecule has 0 saturated carbocycles. The van der Waals surface area contributed by atoms with E-state index in [1.165, 1.54) is 6.20 Å². The van der Waals surface area contributed by atoms with Crippen LogP contribution in [0.4, 0.5) is 0 Å². The Hall–Kier alpha value is -3.52. The monoisotopic (exact) mass is 329 g/mol. The van der Waals surface area contributed by atoms with Crippen LogP contribution in [-0.2, 0) is 11.3 Å². The Balaban J connectivity index is 1.81. The van der Waals surface area contributed by atoms with Crippen LogP contribution in [0.3, 0.4) is 0 Å². The maximum atomic E-state index is 12.7. The Bertz CT molecular complexity index is 956. The molecule has 1 aromatic heterocycles. The molecule has 3 aromatic rings. The summed E-state index contributed by atoms with van der Waals surface area (Å²) >= 11 is 0. The van der Waals surface area contributed by atoms with E-state index in [-0.39, 0.29) is 12.1 Å². The van der Waals surface area contributed by atoms with Crippen molar-refractivity contribution in [3.63, 3.8) is 0 Å². The van der Waals surface area contributed by atoms with Gasteiger partial charge in [0.2, 0.25) is 5.91 Å². The molecule has 2 aromatic carbocycles. The van der Waals surface area contributed by atoms with Crippen molar-refractivity contribution in [2.24, 2.45) is 5.92 Å². The summed E-state index contributed by atoms with van der Waals surface area (Å²) in [6.45, 7) is 0.263. The number of nitrogens with zero attached hydrogens (tertiary/aromatic N) is 2. The van der Waals surface area contributed by atoms with Crippen LogP contribution in [0.5, 0.6) is 0 Å². The minimum atomic E-state index is -1.41. The number of carbonyl (C=O) groups is 2. The number of ketones is 1. The molecule has 0 fully saturated rings. The molecule has 1 unspecified atom stereocenters. The Morgan fingerprint density at radius 2 is 1.76 bits per heavy atom. The second kappa shape index (κ2) is 7.37. The first-order valence-corrected chi connectivity index (χ1v) is 7.79. The number of amides is 1. The number of carbonyl (C=O) groups excluding carboxylic acids is 2. The number of nitrogens with one attached hydrogen (secondary N) is 1. The highest BCUT2D eigenvalue weighted by Gasteiger charge is 2.28. The summed E-state index contributed by atoms with van der Waals surface area (Å²) in [5.41, 5.74) is 1.17. The maximum absolute atomic E-state index is 12.7. The van der Waals surface area contributed by atoms with Crippen LogP contribution in [0, 0.1) is 17.2 Å². The number of rotatable bonds is 5. The van der Waals surface area contributed by atoms with Crippen molar-refractivity contribution < 1.29 is 9.59 Å². The molecule has 122 valence electrons. The molecule has 3 rings (SSSR count). The molecular weight excluding hydrogens is 314 g/mol. The van der Waals surface area contributed by atoms with E-state index in [0.29, 0.717) is 5.39 Å². The van der Waals surface area contributed by atoms with Crippen LogP contribution >= 0.6 is 0 Å². The van der Waals surface area contributed by atoms with Crippen LogP contribution in [-0.4, -0.2) is 16.7 Å². The summed E-state index contributed by atoms with van der Waals surface area (Å²) in [6, 6.07) is 18.4. The largest absolute Gasteiger partial charge is 0.350 e. The van der Waals surface area contributed by atoms with Gasteiger partial charge in [-0.15, -0.1) is 0 Å². The van der Waals surface area contributed by atoms with Gasteiger partial charge in [-0.25, -0.2) is 0 Å². The molecule has 0 saturated heterocycles. The van der Waals surface area contributed by atoms with Gasteiger partial charge in [0, 0.05) is 29.9 Å². The number of Topliss-reactive ketones (excluding diaryl/α,β-unsaturated/α-hetero) is 1. The lowest BCUT2D eigenvalue weighted by Gasteiger charge is -2.11. The topological polar surface area (TPSA) is 82.9 Å². The third kappa shape index (κ3) is 3.54. The zero-order chi connectivity index (χ0) is 17.6. The average molecular weight is 329 g/mol. The SMILES string of the molecule is N#CC(C(=O)NCc1ccccc1)C(=O)c1cncc2ccccc12. The summed E-state index contributed by atoms with van der Waals surface area (Å²) in [5.74, 6) is -2.56. The number of nitriles is 1. The molecule has 0 aliphatic rings. The van der Waals surface area contributed by atoms with Gasteiger partial charge in [-0.1, -0.05) is 54.6 Å². The van der Waals surface area contributed by atoms with Crippen LogP contribution < -0.4 is 5.32 Å². The van der Waals surface area contributed by atoms with E-state index >= 15 is 0 Å². The standard InChI is InChI=1S/C20H15N3O2/c21-10-17(20(25)23-11-14-6-2-1-3-7-14)19(24)18-13-22-12-15-8-4-5-9-16(15)18/h1-9,12-13,17H,11H2,(H,23,25). The van der Waals surface area contributed by atoms with Crippen molar-refractivity contribution in [1.82, 2.24) is 10.3 Å². The van der Waals surface area contributed by atoms with Crippen molar-refractivity contribution in [2.45, 2.75) is 6.54 Å². The Morgan fingerprint density at radius 3 is 2.52 bits per heavy atom. The van der Waals surface area contributed by atoms with Gasteiger partial charge in [0.25, 0.3) is 0 Å². The third-order valence-corrected chi connectivity index (χ3v) is 3.90. The van der Waals surface area contributed by atoms with Crippen LogP contribution in [0.2, 0.25) is 0 Å². The fraction of sp³-hybridized carbons (Fsp3) is 0.100. The minimum absolute atomic E-state index is 0.263. The number of pyridine rings is 1. The van der Waals surface area contributed by atoms with Crippen molar-refractivity contribution in [3.8, 4) is 6.07 Å². The smallest absolute Gasteiger partial charge is 0.245 e. The van der Waals surface area contributed by atoms with Crippen LogP contribution in [0.15, 0.2) is 67.0 Å². The van der Waals surface area contributed by atoms with Gasteiger partial charge in [0.15, 0.2) is 11.7 Å². The van der Waals surface area contributed by atoms with E-state index in [0.717, 1.165) is 10.9 Å². The van der Waals surface area contributed by atoms with Gasteiger partial charge in [-0.3, -0.25) is 14.6 Å². The molecule has 1 amide bonds. The molecular formula is C20H15N3O2. The molecule has 1 atom stereocenters. The second-order valence-corrected chi connectivity index (χ2v) is 5.54. The Morgan fingerprint density at radius 1 is 1.04 bits per heavy atom. The molecule has 0 aliphatic carbocycles. The lowest BCUT2D eigenvalue weighted by atomic mass is 9.95. The van der Waals surface area contributed by atoms with Gasteiger partial charge in [0.05, 0.1) is 6.07 Å². The lowest BCUT2D eigenvalue weighted by Crippen LogP contribution is -2.34. The molecule has 0 aliphatic heterocycles. The first-order chi connectivity index (χ1) is 12.2. The first-order valence-electron chi connectivity index (χ1n) is 7.79. The van der Waals surface area contributed by atoms with Gasteiger partial charge < -0.3 is 5.32 Å². The van der Waals surface area contributed by atoms with Crippen LogP contribution in [0.1, 0.15) is 15.9 Å². The van der Waals surface area contributed by atoms with Gasteiger partial charge in [0.1, 0.15) is 0 Å². The molecule has 1 heterocycles. The summed E-state index contributed by atoms with van der Waals surface area (Å²) in [4.78, 5) is 29.1. The number of benzene rings is 2. The fourth-order valence-electron chi connectivity index (χ4n) is 2.59. The van der Waals surface area contributed by atoms with Crippen molar-refractivity contribution in [3.05, 3.63) is 78.1 Å². The van der Waals surface area contributed by atoms with E-state index in [9.17, 15) is 14.9 Å². The zero-order valence-corrected chi connectivity index (χ0v) is 13.3.